The van der Waals surface area contributed by atoms with E-state index in [1.807, 2.05) is 12.1 Å². The van der Waals surface area contributed by atoms with E-state index in [1.165, 1.54) is 7.11 Å². The van der Waals surface area contributed by atoms with Gasteiger partial charge in [-0.25, -0.2) is 9.59 Å². The zero-order valence-corrected chi connectivity index (χ0v) is 14.0. The Hall–Kier alpha value is -2.86. The first-order valence-corrected chi connectivity index (χ1v) is 7.88. The predicted octanol–water partition coefficient (Wildman–Crippen LogP) is 2.90. The number of carbonyl (C=O) groups excluding carboxylic acids is 1. The Morgan fingerprint density at radius 2 is 1.84 bits per heavy atom. The zero-order chi connectivity index (χ0) is 17.8. The van der Waals surface area contributed by atoms with Crippen LogP contribution in [0.3, 0.4) is 0 Å². The van der Waals surface area contributed by atoms with E-state index in [9.17, 15) is 9.59 Å². The first-order valence-electron chi connectivity index (χ1n) is 7.88. The summed E-state index contributed by atoms with van der Waals surface area (Å²) in [6.45, 7) is 2.09. The number of fused-ring (bicyclic) bond motifs is 3. The SMILES string of the molecule is COCCOC(=O)[C@H](C)Oc1ccc2c(c1)oc(=O)c1ccccc12. The van der Waals surface area contributed by atoms with E-state index < -0.39 is 17.7 Å². The average Bonchev–Trinajstić information content (AvgIpc) is 2.62. The second kappa shape index (κ2) is 7.36. The van der Waals surface area contributed by atoms with Crippen molar-refractivity contribution in [1.82, 2.24) is 0 Å². The summed E-state index contributed by atoms with van der Waals surface area (Å²) in [4.78, 5) is 23.9. The van der Waals surface area contributed by atoms with Crippen molar-refractivity contribution in [3.8, 4) is 5.75 Å². The lowest BCUT2D eigenvalue weighted by molar-refractivity contribution is -0.152. The summed E-state index contributed by atoms with van der Waals surface area (Å²) < 4.78 is 20.8. The van der Waals surface area contributed by atoms with Gasteiger partial charge in [0.25, 0.3) is 0 Å². The Kier molecular flexibility index (Phi) is 5.00. The summed E-state index contributed by atoms with van der Waals surface area (Å²) in [5.74, 6) is -0.0702. The molecular weight excluding hydrogens is 324 g/mol. The number of benzene rings is 2. The number of hydrogen-bond acceptors (Lipinski definition) is 6. The number of rotatable bonds is 6. The van der Waals surface area contributed by atoms with Crippen LogP contribution in [-0.4, -0.2) is 32.4 Å². The second-order valence-electron chi connectivity index (χ2n) is 5.51. The maximum atomic E-state index is 12.1. The molecule has 0 aliphatic heterocycles. The van der Waals surface area contributed by atoms with E-state index in [0.29, 0.717) is 23.3 Å². The van der Waals surface area contributed by atoms with E-state index in [0.717, 1.165) is 10.8 Å². The van der Waals surface area contributed by atoms with Gasteiger partial charge in [-0.05, 0) is 30.5 Å². The maximum absolute atomic E-state index is 12.1. The average molecular weight is 342 g/mol. The summed E-state index contributed by atoms with van der Waals surface area (Å²) in [7, 11) is 1.53. The summed E-state index contributed by atoms with van der Waals surface area (Å²) in [6.07, 6.45) is -0.790. The van der Waals surface area contributed by atoms with Gasteiger partial charge >= 0.3 is 11.6 Å². The van der Waals surface area contributed by atoms with Crippen LogP contribution < -0.4 is 10.4 Å². The van der Waals surface area contributed by atoms with Crippen LogP contribution in [0.2, 0.25) is 0 Å². The van der Waals surface area contributed by atoms with Crippen molar-refractivity contribution in [3.05, 3.63) is 52.9 Å². The summed E-state index contributed by atoms with van der Waals surface area (Å²) in [6, 6.07) is 12.4. The number of esters is 1. The van der Waals surface area contributed by atoms with Crippen LogP contribution in [0.4, 0.5) is 0 Å². The number of carbonyl (C=O) groups is 1. The minimum absolute atomic E-state index is 0.168. The molecule has 0 spiro atoms. The van der Waals surface area contributed by atoms with Gasteiger partial charge in [0.1, 0.15) is 17.9 Å². The zero-order valence-electron chi connectivity index (χ0n) is 14.0. The van der Waals surface area contributed by atoms with Crippen molar-refractivity contribution in [2.75, 3.05) is 20.3 Å². The Balaban J connectivity index is 1.85. The highest BCUT2D eigenvalue weighted by Crippen LogP contribution is 2.26. The third kappa shape index (κ3) is 3.64. The minimum Gasteiger partial charge on any atom is -0.479 e. The number of methoxy groups -OCH3 is 1. The van der Waals surface area contributed by atoms with Gasteiger partial charge < -0.3 is 18.6 Å². The number of ether oxygens (including phenoxy) is 3. The molecule has 130 valence electrons. The summed E-state index contributed by atoms with van der Waals surface area (Å²) >= 11 is 0. The molecule has 0 unspecified atom stereocenters. The molecule has 0 saturated carbocycles. The van der Waals surface area contributed by atoms with Crippen molar-refractivity contribution in [2.24, 2.45) is 0 Å². The highest BCUT2D eigenvalue weighted by atomic mass is 16.6. The molecule has 1 atom stereocenters. The smallest absolute Gasteiger partial charge is 0.347 e. The van der Waals surface area contributed by atoms with Crippen molar-refractivity contribution in [1.29, 1.82) is 0 Å². The lowest BCUT2D eigenvalue weighted by atomic mass is 10.1. The van der Waals surface area contributed by atoms with Crippen LogP contribution in [0, 0.1) is 0 Å². The van der Waals surface area contributed by atoms with E-state index in [-0.39, 0.29) is 6.61 Å². The van der Waals surface area contributed by atoms with Gasteiger partial charge in [-0.3, -0.25) is 0 Å². The van der Waals surface area contributed by atoms with Gasteiger partial charge in [0.15, 0.2) is 6.10 Å². The third-order valence-electron chi connectivity index (χ3n) is 3.77. The third-order valence-corrected chi connectivity index (χ3v) is 3.77. The molecule has 2 aromatic carbocycles. The van der Waals surface area contributed by atoms with Crippen LogP contribution in [0.15, 0.2) is 51.7 Å². The molecule has 3 rings (SSSR count). The van der Waals surface area contributed by atoms with Crippen molar-refractivity contribution in [2.45, 2.75) is 13.0 Å². The van der Waals surface area contributed by atoms with Crippen molar-refractivity contribution >= 4 is 27.7 Å². The maximum Gasteiger partial charge on any atom is 0.347 e. The summed E-state index contributed by atoms with van der Waals surface area (Å²) in [5.41, 5.74) is -0.00609. The Labute approximate surface area is 143 Å². The van der Waals surface area contributed by atoms with Gasteiger partial charge in [-0.1, -0.05) is 18.2 Å². The predicted molar refractivity (Wildman–Crippen MR) is 92.9 cm³/mol. The molecule has 0 amide bonds. The second-order valence-corrected chi connectivity index (χ2v) is 5.51. The fourth-order valence-electron chi connectivity index (χ4n) is 2.53. The highest BCUT2D eigenvalue weighted by molar-refractivity contribution is 6.04. The fraction of sp³-hybridized carbons (Fsp3) is 0.263. The molecular formula is C19H18O6. The molecule has 0 N–H and O–H groups in total. The summed E-state index contributed by atoms with van der Waals surface area (Å²) in [5, 5.41) is 2.14. The highest BCUT2D eigenvalue weighted by Gasteiger charge is 2.17. The van der Waals surface area contributed by atoms with Crippen LogP contribution in [0.25, 0.3) is 21.7 Å². The molecule has 0 aliphatic carbocycles. The molecule has 0 radical (unpaired) electrons. The lowest BCUT2D eigenvalue weighted by Gasteiger charge is -2.14. The first kappa shape index (κ1) is 17.0. The fourth-order valence-corrected chi connectivity index (χ4v) is 2.53. The quantitative estimate of drug-likeness (QED) is 0.297. The van der Waals surface area contributed by atoms with Gasteiger partial charge in [0.05, 0.1) is 12.0 Å². The Bertz CT molecular complexity index is 959. The molecule has 0 fully saturated rings. The molecule has 0 aliphatic rings. The van der Waals surface area contributed by atoms with Crippen molar-refractivity contribution < 1.29 is 23.4 Å². The topological polar surface area (TPSA) is 75.0 Å². The molecule has 0 bridgehead atoms. The van der Waals surface area contributed by atoms with Gasteiger partial charge in [0, 0.05) is 18.6 Å². The van der Waals surface area contributed by atoms with Crippen molar-refractivity contribution in [3.63, 3.8) is 0 Å². The largest absolute Gasteiger partial charge is 0.479 e. The standard InChI is InChI=1S/C19H18O6/c1-12(18(20)23-10-9-22-2)24-13-7-8-15-14-5-3-4-6-16(14)19(21)25-17(15)11-13/h3-8,11-12H,9-10H2,1-2H3/t12-/m0/s1. The Morgan fingerprint density at radius 3 is 2.60 bits per heavy atom. The molecule has 25 heavy (non-hydrogen) atoms. The number of hydrogen-bond donors (Lipinski definition) is 0. The van der Waals surface area contributed by atoms with E-state index >= 15 is 0 Å². The van der Waals surface area contributed by atoms with Crippen LogP contribution >= 0.6 is 0 Å². The van der Waals surface area contributed by atoms with Crippen LogP contribution in [-0.2, 0) is 14.3 Å². The van der Waals surface area contributed by atoms with Crippen LogP contribution in [0.1, 0.15) is 6.92 Å². The molecule has 0 saturated heterocycles. The monoisotopic (exact) mass is 342 g/mol. The minimum atomic E-state index is -0.790. The van der Waals surface area contributed by atoms with Gasteiger partial charge in [-0.2, -0.15) is 0 Å². The van der Waals surface area contributed by atoms with Crippen LogP contribution in [0.5, 0.6) is 5.75 Å². The first-order chi connectivity index (χ1) is 12.1. The van der Waals surface area contributed by atoms with E-state index in [1.54, 1.807) is 37.3 Å². The molecule has 6 nitrogen and oxygen atoms in total. The van der Waals surface area contributed by atoms with E-state index in [2.05, 4.69) is 0 Å². The molecule has 3 aromatic rings. The molecule has 1 heterocycles. The lowest BCUT2D eigenvalue weighted by Crippen LogP contribution is -2.27. The molecule has 6 heteroatoms. The normalized spacial score (nSPS) is 12.2. The van der Waals surface area contributed by atoms with Gasteiger partial charge in [0.2, 0.25) is 0 Å². The molecule has 1 aromatic heterocycles. The van der Waals surface area contributed by atoms with Gasteiger partial charge in [-0.15, -0.1) is 0 Å². The Morgan fingerprint density at radius 1 is 1.08 bits per heavy atom. The van der Waals surface area contributed by atoms with E-state index in [4.69, 9.17) is 18.6 Å².